The second-order valence-corrected chi connectivity index (χ2v) is 5.33. The minimum Gasteiger partial charge on any atom is -0.295 e. The van der Waals surface area contributed by atoms with Crippen LogP contribution in [0.4, 0.5) is 0 Å². The summed E-state index contributed by atoms with van der Waals surface area (Å²) in [4.78, 5) is 4.43. The van der Waals surface area contributed by atoms with Gasteiger partial charge in [-0.15, -0.1) is 0 Å². The van der Waals surface area contributed by atoms with E-state index in [0.717, 1.165) is 21.4 Å². The molecule has 0 fully saturated rings. The Morgan fingerprint density at radius 2 is 2.11 bits per heavy atom. The summed E-state index contributed by atoms with van der Waals surface area (Å²) in [5, 5.41) is 1.78. The summed E-state index contributed by atoms with van der Waals surface area (Å²) in [5.41, 5.74) is 2.33. The molecule has 0 saturated carbocycles. The van der Waals surface area contributed by atoms with Crippen LogP contribution in [0.3, 0.4) is 0 Å². The van der Waals surface area contributed by atoms with Crippen LogP contribution in [0.5, 0.6) is 0 Å². The van der Waals surface area contributed by atoms with E-state index in [1.807, 2.05) is 42.7 Å². The van der Waals surface area contributed by atoms with Crippen molar-refractivity contribution in [2.45, 2.75) is 10.9 Å². The Labute approximate surface area is 115 Å². The predicted molar refractivity (Wildman–Crippen MR) is 76.2 cm³/mol. The lowest BCUT2D eigenvalue weighted by Gasteiger charge is -2.02. The fourth-order valence-corrected chi connectivity index (χ4v) is 2.92. The molecule has 0 amide bonds. The van der Waals surface area contributed by atoms with Gasteiger partial charge in [-0.3, -0.25) is 4.40 Å². The van der Waals surface area contributed by atoms with Crippen molar-refractivity contribution in [2.75, 3.05) is 0 Å². The Hall–Kier alpha value is -1.45. The zero-order valence-corrected chi connectivity index (χ0v) is 11.2. The van der Waals surface area contributed by atoms with E-state index in [-0.39, 0.29) is 0 Å². The second kappa shape index (κ2) is 5.04. The van der Waals surface area contributed by atoms with Crippen molar-refractivity contribution >= 4 is 28.9 Å². The van der Waals surface area contributed by atoms with Gasteiger partial charge in [-0.05, 0) is 29.8 Å². The van der Waals surface area contributed by atoms with Crippen LogP contribution in [0.2, 0.25) is 5.02 Å². The van der Waals surface area contributed by atoms with Crippen LogP contribution >= 0.6 is 23.4 Å². The highest BCUT2D eigenvalue weighted by atomic mass is 35.5. The maximum Gasteiger partial charge on any atom is 0.172 e. The largest absolute Gasteiger partial charge is 0.295 e. The number of nitrogens with zero attached hydrogens (tertiary/aromatic N) is 2. The average Bonchev–Trinajstić information content (AvgIpc) is 2.80. The van der Waals surface area contributed by atoms with Gasteiger partial charge in [0.2, 0.25) is 0 Å². The highest BCUT2D eigenvalue weighted by Crippen LogP contribution is 2.23. The molecule has 0 saturated heterocycles. The Morgan fingerprint density at radius 3 is 3.00 bits per heavy atom. The van der Waals surface area contributed by atoms with Crippen LogP contribution in [0.1, 0.15) is 5.56 Å². The Balaban J connectivity index is 1.81. The molecule has 2 aromatic heterocycles. The van der Waals surface area contributed by atoms with Gasteiger partial charge in [0.25, 0.3) is 0 Å². The summed E-state index contributed by atoms with van der Waals surface area (Å²) >= 11 is 7.68. The summed E-state index contributed by atoms with van der Waals surface area (Å²) in [6.07, 6.45) is 3.92. The van der Waals surface area contributed by atoms with E-state index >= 15 is 0 Å². The van der Waals surface area contributed by atoms with Gasteiger partial charge in [0.05, 0.1) is 11.7 Å². The van der Waals surface area contributed by atoms with Crippen molar-refractivity contribution in [3.63, 3.8) is 0 Å². The summed E-state index contributed by atoms with van der Waals surface area (Å²) < 4.78 is 2.09. The topological polar surface area (TPSA) is 17.3 Å². The minimum absolute atomic E-state index is 0.779. The number of halogens is 1. The molecule has 0 N–H and O–H groups in total. The molecule has 0 aliphatic carbocycles. The predicted octanol–water partition coefficient (Wildman–Crippen LogP) is 4.28. The zero-order chi connectivity index (χ0) is 12.4. The van der Waals surface area contributed by atoms with Crippen LogP contribution in [0.15, 0.2) is 60.0 Å². The van der Waals surface area contributed by atoms with Crippen LogP contribution in [0.25, 0.3) is 5.52 Å². The Kier molecular flexibility index (Phi) is 3.26. The molecule has 0 radical (unpaired) electrons. The third-order valence-electron chi connectivity index (χ3n) is 2.66. The summed E-state index contributed by atoms with van der Waals surface area (Å²) in [6, 6.07) is 14.0. The van der Waals surface area contributed by atoms with Crippen molar-refractivity contribution in [1.29, 1.82) is 0 Å². The number of hydrogen-bond donors (Lipinski definition) is 0. The minimum atomic E-state index is 0.779. The summed E-state index contributed by atoms with van der Waals surface area (Å²) in [6.45, 7) is 0. The first-order chi connectivity index (χ1) is 8.83. The number of imidazole rings is 1. The van der Waals surface area contributed by atoms with Crippen molar-refractivity contribution in [3.05, 3.63) is 65.4 Å². The maximum atomic E-state index is 5.97. The number of hydrogen-bond acceptors (Lipinski definition) is 2. The summed E-state index contributed by atoms with van der Waals surface area (Å²) in [5.74, 6) is 0.870. The molecule has 3 rings (SSSR count). The lowest BCUT2D eigenvalue weighted by Crippen LogP contribution is -1.87. The molecular formula is C14H11ClN2S. The number of aromatic nitrogens is 2. The number of pyridine rings is 1. The van der Waals surface area contributed by atoms with Gasteiger partial charge >= 0.3 is 0 Å². The van der Waals surface area contributed by atoms with Crippen molar-refractivity contribution < 1.29 is 0 Å². The molecule has 0 aliphatic heterocycles. The first-order valence-corrected chi connectivity index (χ1v) is 6.98. The number of rotatable bonds is 3. The molecule has 0 atom stereocenters. The monoisotopic (exact) mass is 274 g/mol. The van der Waals surface area contributed by atoms with Crippen LogP contribution in [-0.2, 0) is 5.75 Å². The van der Waals surface area contributed by atoms with Crippen molar-refractivity contribution in [1.82, 2.24) is 9.38 Å². The molecule has 0 aliphatic rings. The third-order valence-corrected chi connectivity index (χ3v) is 3.93. The van der Waals surface area contributed by atoms with Gasteiger partial charge in [0.1, 0.15) is 0 Å². The van der Waals surface area contributed by atoms with Gasteiger partial charge in [-0.25, -0.2) is 4.98 Å². The lowest BCUT2D eigenvalue weighted by molar-refractivity contribution is 0.957. The van der Waals surface area contributed by atoms with E-state index in [0.29, 0.717) is 0 Å². The van der Waals surface area contributed by atoms with E-state index in [4.69, 9.17) is 11.6 Å². The fraction of sp³-hybridized carbons (Fsp3) is 0.0714. The average molecular weight is 275 g/mol. The zero-order valence-electron chi connectivity index (χ0n) is 9.58. The van der Waals surface area contributed by atoms with Gasteiger partial charge in [0.15, 0.2) is 5.16 Å². The van der Waals surface area contributed by atoms with Gasteiger partial charge in [0, 0.05) is 17.0 Å². The Bertz CT molecular complexity index is 678. The highest BCUT2D eigenvalue weighted by molar-refractivity contribution is 7.98. The molecule has 3 aromatic rings. The van der Waals surface area contributed by atoms with Crippen LogP contribution in [0, 0.1) is 0 Å². The molecule has 90 valence electrons. The van der Waals surface area contributed by atoms with Gasteiger partial charge in [-0.1, -0.05) is 41.6 Å². The molecule has 0 spiro atoms. The molecule has 2 nitrogen and oxygen atoms in total. The molecule has 4 heteroatoms. The van der Waals surface area contributed by atoms with E-state index < -0.39 is 0 Å². The van der Waals surface area contributed by atoms with Gasteiger partial charge in [-0.2, -0.15) is 0 Å². The van der Waals surface area contributed by atoms with E-state index in [9.17, 15) is 0 Å². The summed E-state index contributed by atoms with van der Waals surface area (Å²) in [7, 11) is 0. The molecular weight excluding hydrogens is 264 g/mol. The highest BCUT2D eigenvalue weighted by Gasteiger charge is 2.03. The smallest absolute Gasteiger partial charge is 0.172 e. The fourth-order valence-electron chi connectivity index (χ4n) is 1.80. The maximum absolute atomic E-state index is 5.97. The molecule has 0 unspecified atom stereocenters. The van der Waals surface area contributed by atoms with Crippen LogP contribution < -0.4 is 0 Å². The van der Waals surface area contributed by atoms with E-state index in [2.05, 4.69) is 21.5 Å². The quantitative estimate of drug-likeness (QED) is 0.663. The number of fused-ring (bicyclic) bond motifs is 1. The Morgan fingerprint density at radius 1 is 1.17 bits per heavy atom. The lowest BCUT2D eigenvalue weighted by atomic mass is 10.2. The normalized spacial score (nSPS) is 10.9. The number of benzene rings is 1. The van der Waals surface area contributed by atoms with E-state index in [1.54, 1.807) is 11.8 Å². The van der Waals surface area contributed by atoms with E-state index in [1.165, 1.54) is 5.56 Å². The molecule has 0 bridgehead atoms. The van der Waals surface area contributed by atoms with Crippen molar-refractivity contribution in [2.24, 2.45) is 0 Å². The number of thioether (sulfide) groups is 1. The molecule has 2 heterocycles. The standard InChI is InChI=1S/C14H11ClN2S/c15-12-5-3-4-11(8-12)10-18-14-16-9-13-6-1-2-7-17(13)14/h1-9H,10H2. The van der Waals surface area contributed by atoms with Crippen molar-refractivity contribution in [3.8, 4) is 0 Å². The third kappa shape index (κ3) is 2.37. The molecule has 18 heavy (non-hydrogen) atoms. The first kappa shape index (κ1) is 11.6. The second-order valence-electron chi connectivity index (χ2n) is 3.95. The first-order valence-electron chi connectivity index (χ1n) is 5.62. The van der Waals surface area contributed by atoms with Crippen LogP contribution in [-0.4, -0.2) is 9.38 Å². The SMILES string of the molecule is Clc1cccc(CSc2ncc3ccccn23)c1. The van der Waals surface area contributed by atoms with Gasteiger partial charge < -0.3 is 0 Å². The molecule has 1 aromatic carbocycles.